The van der Waals surface area contributed by atoms with Crippen molar-refractivity contribution < 1.29 is 9.63 Å². The van der Waals surface area contributed by atoms with Crippen molar-refractivity contribution >= 4 is 11.5 Å². The molecule has 0 N–H and O–H groups in total. The van der Waals surface area contributed by atoms with E-state index in [2.05, 4.69) is 5.16 Å². The molecule has 1 aliphatic rings. The standard InChI is InChI=1S/C16H12NO2/c18-16(13-9-5-2-6-10-13)14-11-15(19-17-14)12-7-3-1-4-8-12/h1-11,15H. The Hall–Kier alpha value is -2.42. The topological polar surface area (TPSA) is 38.7 Å². The lowest BCUT2D eigenvalue weighted by Crippen LogP contribution is -2.13. The van der Waals surface area contributed by atoms with Gasteiger partial charge in [-0.15, -0.1) is 0 Å². The first-order valence-electron chi connectivity index (χ1n) is 6.08. The number of Topliss-reactive ketones (excluding diaryl/α,β-unsaturated/α-hetero) is 1. The molecule has 0 aromatic heterocycles. The molecule has 0 bridgehead atoms. The number of carbonyl (C=O) groups excluding carboxylic acids is 1. The van der Waals surface area contributed by atoms with Crippen LogP contribution >= 0.6 is 0 Å². The van der Waals surface area contributed by atoms with Crippen molar-refractivity contribution in [2.75, 3.05) is 0 Å². The van der Waals surface area contributed by atoms with Crippen molar-refractivity contribution in [3.05, 3.63) is 78.2 Å². The third-order valence-electron chi connectivity index (χ3n) is 2.97. The summed E-state index contributed by atoms with van der Waals surface area (Å²) in [6.07, 6.45) is 1.48. The predicted octanol–water partition coefficient (Wildman–Crippen LogP) is 3.20. The van der Waals surface area contributed by atoms with Crippen LogP contribution in [0, 0.1) is 6.42 Å². The van der Waals surface area contributed by atoms with Crippen molar-refractivity contribution in [3.8, 4) is 0 Å². The third-order valence-corrected chi connectivity index (χ3v) is 2.97. The van der Waals surface area contributed by atoms with Gasteiger partial charge in [-0.25, -0.2) is 0 Å². The maximum Gasteiger partial charge on any atom is 0.211 e. The van der Waals surface area contributed by atoms with Gasteiger partial charge in [-0.05, 0) is 5.56 Å². The zero-order chi connectivity index (χ0) is 13.1. The highest BCUT2D eigenvalue weighted by molar-refractivity contribution is 6.49. The summed E-state index contributed by atoms with van der Waals surface area (Å²) in [5, 5.41) is 3.88. The second-order valence-electron chi connectivity index (χ2n) is 4.28. The summed E-state index contributed by atoms with van der Waals surface area (Å²) >= 11 is 0. The largest absolute Gasteiger partial charge is 0.387 e. The normalized spacial score (nSPS) is 17.7. The molecule has 1 atom stereocenters. The summed E-state index contributed by atoms with van der Waals surface area (Å²) < 4.78 is 0. The predicted molar refractivity (Wildman–Crippen MR) is 72.8 cm³/mol. The zero-order valence-corrected chi connectivity index (χ0v) is 10.2. The molecular weight excluding hydrogens is 238 g/mol. The molecular formula is C16H12NO2. The summed E-state index contributed by atoms with van der Waals surface area (Å²) in [7, 11) is 0. The zero-order valence-electron chi connectivity index (χ0n) is 10.2. The van der Waals surface area contributed by atoms with Gasteiger partial charge in [0.25, 0.3) is 0 Å². The molecule has 1 unspecified atom stereocenters. The van der Waals surface area contributed by atoms with Crippen LogP contribution in [0.5, 0.6) is 0 Å². The minimum absolute atomic E-state index is 0.112. The lowest BCUT2D eigenvalue weighted by Gasteiger charge is -2.06. The second kappa shape index (κ2) is 5.06. The van der Waals surface area contributed by atoms with E-state index in [0.717, 1.165) is 5.56 Å². The van der Waals surface area contributed by atoms with Gasteiger partial charge in [0.1, 0.15) is 5.71 Å². The van der Waals surface area contributed by atoms with E-state index in [9.17, 15) is 4.79 Å². The fourth-order valence-corrected chi connectivity index (χ4v) is 1.97. The van der Waals surface area contributed by atoms with Gasteiger partial charge in [0.2, 0.25) is 5.78 Å². The SMILES string of the molecule is O=C(C1=NOC(c2ccccc2)[CH]1)c1ccccc1. The first kappa shape index (κ1) is 11.7. The van der Waals surface area contributed by atoms with Gasteiger partial charge in [0.05, 0.1) is 6.42 Å². The number of benzene rings is 2. The molecule has 0 aliphatic carbocycles. The van der Waals surface area contributed by atoms with Crippen molar-refractivity contribution in [2.24, 2.45) is 5.16 Å². The number of carbonyl (C=O) groups is 1. The highest BCUT2D eigenvalue weighted by Crippen LogP contribution is 2.27. The first-order chi connectivity index (χ1) is 9.34. The van der Waals surface area contributed by atoms with E-state index in [1.165, 1.54) is 0 Å². The van der Waals surface area contributed by atoms with E-state index in [-0.39, 0.29) is 11.9 Å². The van der Waals surface area contributed by atoms with Crippen LogP contribution < -0.4 is 0 Å². The lowest BCUT2D eigenvalue weighted by atomic mass is 9.99. The Kier molecular flexibility index (Phi) is 3.11. The van der Waals surface area contributed by atoms with E-state index in [4.69, 9.17) is 4.84 Å². The van der Waals surface area contributed by atoms with Crippen LogP contribution in [0.1, 0.15) is 22.0 Å². The summed E-state index contributed by atoms with van der Waals surface area (Å²) in [5.41, 5.74) is 1.97. The highest BCUT2D eigenvalue weighted by atomic mass is 16.6. The Morgan fingerprint density at radius 1 is 0.947 bits per heavy atom. The number of hydrogen-bond acceptors (Lipinski definition) is 3. The number of ketones is 1. The number of hydrogen-bond donors (Lipinski definition) is 0. The number of nitrogens with zero attached hydrogens (tertiary/aromatic N) is 1. The van der Waals surface area contributed by atoms with Gasteiger partial charge in [0, 0.05) is 5.56 Å². The van der Waals surface area contributed by atoms with Gasteiger partial charge in [-0.3, -0.25) is 4.79 Å². The van der Waals surface area contributed by atoms with Crippen LogP contribution in [-0.4, -0.2) is 11.5 Å². The van der Waals surface area contributed by atoms with E-state index in [1.807, 2.05) is 48.5 Å². The summed E-state index contributed by atoms with van der Waals surface area (Å²) in [5.74, 6) is -0.112. The molecule has 0 amide bonds. The van der Waals surface area contributed by atoms with E-state index in [1.54, 1.807) is 18.6 Å². The average Bonchev–Trinajstić information content (AvgIpc) is 2.98. The monoisotopic (exact) mass is 250 g/mol. The van der Waals surface area contributed by atoms with Crippen LogP contribution in [0.2, 0.25) is 0 Å². The Morgan fingerprint density at radius 2 is 1.58 bits per heavy atom. The first-order valence-corrected chi connectivity index (χ1v) is 6.08. The molecule has 0 saturated carbocycles. The highest BCUT2D eigenvalue weighted by Gasteiger charge is 2.28. The molecule has 0 spiro atoms. The molecule has 3 heteroatoms. The molecule has 93 valence electrons. The minimum atomic E-state index is -0.274. The number of oxime groups is 1. The van der Waals surface area contributed by atoms with Gasteiger partial charge < -0.3 is 4.84 Å². The summed E-state index contributed by atoms with van der Waals surface area (Å²) in [6, 6.07) is 18.8. The van der Waals surface area contributed by atoms with Crippen LogP contribution in [-0.2, 0) is 4.84 Å². The molecule has 1 radical (unpaired) electrons. The van der Waals surface area contributed by atoms with Crippen LogP contribution in [0.15, 0.2) is 65.8 Å². The molecule has 0 fully saturated rings. The van der Waals surface area contributed by atoms with Crippen LogP contribution in [0.4, 0.5) is 0 Å². The Morgan fingerprint density at radius 3 is 2.26 bits per heavy atom. The summed E-state index contributed by atoms with van der Waals surface area (Å²) in [6.45, 7) is 0. The molecule has 2 aromatic carbocycles. The molecule has 2 aromatic rings. The van der Waals surface area contributed by atoms with Crippen molar-refractivity contribution in [1.82, 2.24) is 0 Å². The van der Waals surface area contributed by atoms with E-state index < -0.39 is 0 Å². The third kappa shape index (κ3) is 2.40. The molecule has 3 nitrogen and oxygen atoms in total. The smallest absolute Gasteiger partial charge is 0.211 e. The maximum atomic E-state index is 12.2. The summed E-state index contributed by atoms with van der Waals surface area (Å²) in [4.78, 5) is 17.5. The van der Waals surface area contributed by atoms with Gasteiger partial charge >= 0.3 is 0 Å². The van der Waals surface area contributed by atoms with Crippen molar-refractivity contribution in [1.29, 1.82) is 0 Å². The van der Waals surface area contributed by atoms with Crippen molar-refractivity contribution in [3.63, 3.8) is 0 Å². The molecule has 0 saturated heterocycles. The van der Waals surface area contributed by atoms with E-state index >= 15 is 0 Å². The lowest BCUT2D eigenvalue weighted by molar-refractivity contribution is 0.101. The fraction of sp³-hybridized carbons (Fsp3) is 0.0625. The second-order valence-corrected chi connectivity index (χ2v) is 4.28. The Bertz CT molecular complexity index is 605. The Balaban J connectivity index is 1.74. The van der Waals surface area contributed by atoms with E-state index in [0.29, 0.717) is 11.3 Å². The maximum absolute atomic E-state index is 12.2. The fourth-order valence-electron chi connectivity index (χ4n) is 1.97. The Labute approximate surface area is 111 Å². The van der Waals surface area contributed by atoms with Gasteiger partial charge in [-0.2, -0.15) is 0 Å². The number of rotatable bonds is 3. The van der Waals surface area contributed by atoms with Gasteiger partial charge in [-0.1, -0.05) is 65.8 Å². The molecule has 1 heterocycles. The molecule has 19 heavy (non-hydrogen) atoms. The molecule has 1 aliphatic heterocycles. The van der Waals surface area contributed by atoms with Crippen LogP contribution in [0.3, 0.4) is 0 Å². The quantitative estimate of drug-likeness (QED) is 0.784. The van der Waals surface area contributed by atoms with Crippen molar-refractivity contribution in [2.45, 2.75) is 6.10 Å². The molecule has 3 rings (SSSR count). The minimum Gasteiger partial charge on any atom is -0.387 e. The van der Waals surface area contributed by atoms with Gasteiger partial charge in [0.15, 0.2) is 6.10 Å². The average molecular weight is 250 g/mol. The van der Waals surface area contributed by atoms with Crippen LogP contribution in [0.25, 0.3) is 0 Å².